The van der Waals surface area contributed by atoms with Gasteiger partial charge < -0.3 is 5.32 Å². The van der Waals surface area contributed by atoms with Crippen LogP contribution in [0.5, 0.6) is 0 Å². The number of rotatable bonds is 7. The molecule has 1 amide bonds. The molecule has 0 spiro atoms. The zero-order chi connectivity index (χ0) is 22.5. The number of carbonyl (C=O) groups is 1. The molecule has 4 aromatic rings. The number of halogens is 1. The molecule has 0 fully saturated rings. The van der Waals surface area contributed by atoms with E-state index < -0.39 is 0 Å². The number of hydrogen-bond acceptors (Lipinski definition) is 6. The third-order valence-corrected chi connectivity index (χ3v) is 7.13. The number of aryl methyl sites for hydroxylation is 1. The van der Waals surface area contributed by atoms with E-state index in [9.17, 15) is 9.59 Å². The van der Waals surface area contributed by atoms with Crippen molar-refractivity contribution in [2.75, 3.05) is 6.54 Å². The Morgan fingerprint density at radius 2 is 2.03 bits per heavy atom. The Bertz CT molecular complexity index is 1330. The van der Waals surface area contributed by atoms with E-state index in [4.69, 9.17) is 11.6 Å². The molecule has 0 saturated carbocycles. The van der Waals surface area contributed by atoms with Gasteiger partial charge in [0.15, 0.2) is 0 Å². The molecule has 0 bridgehead atoms. The molecule has 0 aliphatic carbocycles. The van der Waals surface area contributed by atoms with E-state index in [1.807, 2.05) is 42.6 Å². The van der Waals surface area contributed by atoms with Crippen LogP contribution in [-0.4, -0.2) is 27.2 Å². The second kappa shape index (κ2) is 10.0. The third-order valence-electron chi connectivity index (χ3n) is 4.57. The van der Waals surface area contributed by atoms with E-state index >= 15 is 0 Å². The topological polar surface area (TPSA) is 76.9 Å². The van der Waals surface area contributed by atoms with Gasteiger partial charge in [0.25, 0.3) is 5.56 Å². The Labute approximate surface area is 197 Å². The molecular formula is C23H19ClN4O2S2. The Morgan fingerprint density at radius 1 is 1.19 bits per heavy atom. The van der Waals surface area contributed by atoms with Crippen LogP contribution in [0, 0.1) is 6.92 Å². The predicted octanol–water partition coefficient (Wildman–Crippen LogP) is 4.89. The molecule has 0 unspecified atom stereocenters. The van der Waals surface area contributed by atoms with E-state index in [0.717, 1.165) is 26.0 Å². The van der Waals surface area contributed by atoms with Gasteiger partial charge in [-0.3, -0.25) is 9.59 Å². The van der Waals surface area contributed by atoms with E-state index in [0.29, 0.717) is 10.7 Å². The van der Waals surface area contributed by atoms with Crippen LogP contribution in [-0.2, 0) is 11.3 Å². The summed E-state index contributed by atoms with van der Waals surface area (Å²) in [5, 5.41) is 10.8. The molecule has 32 heavy (non-hydrogen) atoms. The monoisotopic (exact) mass is 482 g/mol. The third kappa shape index (κ3) is 5.21. The lowest BCUT2D eigenvalue weighted by Gasteiger charge is -2.07. The molecule has 6 nitrogen and oxygen atoms in total. The standard InChI is InChI=1S/C23H19ClN4O2S2/c1-15-22(32-23(26-15)19-7-4-14-31-19)18-9-11-21(30)28(27-18)13-12-25-20(29)10-8-16-5-2-3-6-17(16)24/h2-11,14H,12-13H2,1H3,(H,25,29). The number of thiazole rings is 1. The van der Waals surface area contributed by atoms with Gasteiger partial charge in [-0.05, 0) is 42.1 Å². The molecule has 3 aromatic heterocycles. The summed E-state index contributed by atoms with van der Waals surface area (Å²) in [4.78, 5) is 31.0. The van der Waals surface area contributed by atoms with Crippen LogP contribution < -0.4 is 10.9 Å². The largest absolute Gasteiger partial charge is 0.351 e. The molecule has 0 radical (unpaired) electrons. The summed E-state index contributed by atoms with van der Waals surface area (Å²) >= 11 is 9.27. The van der Waals surface area contributed by atoms with Crippen LogP contribution in [0.4, 0.5) is 0 Å². The SMILES string of the molecule is Cc1nc(-c2cccs2)sc1-c1ccc(=O)n(CCNC(=O)C=Cc2ccccc2Cl)n1. The van der Waals surface area contributed by atoms with Gasteiger partial charge in [0.2, 0.25) is 5.91 Å². The summed E-state index contributed by atoms with van der Waals surface area (Å²) < 4.78 is 1.36. The average Bonchev–Trinajstić information content (AvgIpc) is 3.44. The number of thiophene rings is 1. The quantitative estimate of drug-likeness (QED) is 0.380. The molecule has 0 aliphatic rings. The number of benzene rings is 1. The summed E-state index contributed by atoms with van der Waals surface area (Å²) in [6, 6.07) is 14.5. The van der Waals surface area contributed by atoms with E-state index in [1.54, 1.807) is 40.9 Å². The normalized spacial score (nSPS) is 11.2. The first-order valence-electron chi connectivity index (χ1n) is 9.81. The summed E-state index contributed by atoms with van der Waals surface area (Å²) in [7, 11) is 0. The Hall–Kier alpha value is -3.07. The summed E-state index contributed by atoms with van der Waals surface area (Å²) in [5.74, 6) is -0.270. The minimum atomic E-state index is -0.270. The molecule has 3 heterocycles. The van der Waals surface area contributed by atoms with E-state index in [2.05, 4.69) is 15.4 Å². The number of nitrogens with zero attached hydrogens (tertiary/aromatic N) is 3. The van der Waals surface area contributed by atoms with Gasteiger partial charge >= 0.3 is 0 Å². The van der Waals surface area contributed by atoms with Crippen molar-refractivity contribution in [3.05, 3.63) is 86.6 Å². The van der Waals surface area contributed by atoms with Gasteiger partial charge in [0, 0.05) is 23.7 Å². The van der Waals surface area contributed by atoms with Crippen molar-refractivity contribution in [3.8, 4) is 20.5 Å². The Kier molecular flexibility index (Phi) is 6.94. The summed E-state index contributed by atoms with van der Waals surface area (Å²) in [5.41, 5.74) is 2.09. The molecular weight excluding hydrogens is 464 g/mol. The molecule has 0 aliphatic heterocycles. The van der Waals surface area contributed by atoms with Crippen molar-refractivity contribution >= 4 is 46.3 Å². The first-order valence-corrected chi connectivity index (χ1v) is 11.9. The zero-order valence-electron chi connectivity index (χ0n) is 17.1. The van der Waals surface area contributed by atoms with Crippen LogP contribution in [0.15, 0.2) is 64.8 Å². The van der Waals surface area contributed by atoms with E-state index in [-0.39, 0.29) is 24.6 Å². The van der Waals surface area contributed by atoms with Crippen molar-refractivity contribution in [1.82, 2.24) is 20.1 Å². The zero-order valence-corrected chi connectivity index (χ0v) is 19.5. The highest BCUT2D eigenvalue weighted by atomic mass is 35.5. The molecule has 0 atom stereocenters. The lowest BCUT2D eigenvalue weighted by molar-refractivity contribution is -0.116. The molecule has 9 heteroatoms. The van der Waals surface area contributed by atoms with Crippen LogP contribution in [0.25, 0.3) is 26.5 Å². The molecule has 1 aromatic carbocycles. The van der Waals surface area contributed by atoms with Crippen LogP contribution in [0.1, 0.15) is 11.3 Å². The molecule has 4 rings (SSSR count). The smallest absolute Gasteiger partial charge is 0.266 e. The van der Waals surface area contributed by atoms with Crippen molar-refractivity contribution in [2.45, 2.75) is 13.5 Å². The fourth-order valence-electron chi connectivity index (χ4n) is 2.99. The van der Waals surface area contributed by atoms with Crippen molar-refractivity contribution < 1.29 is 4.79 Å². The van der Waals surface area contributed by atoms with Crippen LogP contribution in [0.2, 0.25) is 5.02 Å². The van der Waals surface area contributed by atoms with Gasteiger partial charge in [0.05, 0.1) is 22.0 Å². The second-order valence-corrected chi connectivity index (χ2v) is 9.19. The maximum Gasteiger partial charge on any atom is 0.266 e. The summed E-state index contributed by atoms with van der Waals surface area (Å²) in [6.07, 6.45) is 3.07. The minimum Gasteiger partial charge on any atom is -0.351 e. The van der Waals surface area contributed by atoms with Gasteiger partial charge in [-0.25, -0.2) is 9.67 Å². The number of hydrogen-bond donors (Lipinski definition) is 1. The van der Waals surface area contributed by atoms with Crippen molar-refractivity contribution in [3.63, 3.8) is 0 Å². The second-order valence-electron chi connectivity index (χ2n) is 6.84. The average molecular weight is 483 g/mol. The van der Waals surface area contributed by atoms with Crippen LogP contribution in [0.3, 0.4) is 0 Å². The Morgan fingerprint density at radius 3 is 2.81 bits per heavy atom. The van der Waals surface area contributed by atoms with Crippen LogP contribution >= 0.6 is 34.3 Å². The fraction of sp³-hybridized carbons (Fsp3) is 0.130. The lowest BCUT2D eigenvalue weighted by Crippen LogP contribution is -2.31. The fourth-order valence-corrected chi connectivity index (χ4v) is 5.02. The Balaban J connectivity index is 1.42. The number of amides is 1. The highest BCUT2D eigenvalue weighted by Crippen LogP contribution is 2.35. The van der Waals surface area contributed by atoms with Crippen molar-refractivity contribution in [1.29, 1.82) is 0 Å². The van der Waals surface area contributed by atoms with Gasteiger partial charge in [0.1, 0.15) is 10.7 Å². The first kappa shape index (κ1) is 22.1. The highest BCUT2D eigenvalue weighted by Gasteiger charge is 2.14. The number of nitrogens with one attached hydrogen (secondary N) is 1. The minimum absolute atomic E-state index is 0.227. The van der Waals surface area contributed by atoms with Crippen molar-refractivity contribution in [2.24, 2.45) is 0 Å². The molecule has 1 N–H and O–H groups in total. The maximum absolute atomic E-state index is 12.3. The molecule has 162 valence electrons. The predicted molar refractivity (Wildman–Crippen MR) is 131 cm³/mol. The van der Waals surface area contributed by atoms with Gasteiger partial charge in [-0.15, -0.1) is 22.7 Å². The van der Waals surface area contributed by atoms with E-state index in [1.165, 1.54) is 16.8 Å². The maximum atomic E-state index is 12.3. The number of carbonyl (C=O) groups excluding carboxylic acids is 1. The summed E-state index contributed by atoms with van der Waals surface area (Å²) in [6.45, 7) is 2.46. The lowest BCUT2D eigenvalue weighted by atomic mass is 10.2. The first-order chi connectivity index (χ1) is 15.5. The van der Waals surface area contributed by atoms with Gasteiger partial charge in [-0.2, -0.15) is 5.10 Å². The van der Waals surface area contributed by atoms with Gasteiger partial charge in [-0.1, -0.05) is 35.9 Å². The molecule has 0 saturated heterocycles. The highest BCUT2D eigenvalue weighted by molar-refractivity contribution is 7.23. The number of aromatic nitrogens is 3.